The fraction of sp³-hybridized carbons (Fsp3) is 0.517. The number of carbonyl (C=O) groups is 2. The van der Waals surface area contributed by atoms with E-state index in [0.717, 1.165) is 6.42 Å². The zero-order valence-electron chi connectivity index (χ0n) is 20.8. The third kappa shape index (κ3) is 3.33. The molecule has 3 aliphatic carbocycles. The van der Waals surface area contributed by atoms with Crippen LogP contribution in [0.3, 0.4) is 0 Å². The van der Waals surface area contributed by atoms with Crippen molar-refractivity contribution in [3.05, 3.63) is 71.8 Å². The first-order valence-corrected chi connectivity index (χ1v) is 11.9. The third-order valence-corrected chi connectivity index (χ3v) is 9.70. The van der Waals surface area contributed by atoms with Crippen molar-refractivity contribution in [2.45, 2.75) is 67.1 Å². The van der Waals surface area contributed by atoms with E-state index in [9.17, 15) is 9.59 Å². The topological polar surface area (TPSA) is 52.6 Å². The molecular formula is C29H36O4. The number of benzene rings is 2. The summed E-state index contributed by atoms with van der Waals surface area (Å²) < 4.78 is 12.6. The fourth-order valence-electron chi connectivity index (χ4n) is 6.81. The number of rotatable bonds is 4. The molecule has 3 saturated carbocycles. The van der Waals surface area contributed by atoms with E-state index >= 15 is 0 Å². The minimum Gasteiger partial charge on any atom is -0.454 e. The van der Waals surface area contributed by atoms with E-state index in [1.54, 1.807) is 24.3 Å². The quantitative estimate of drug-likeness (QED) is 0.497. The maximum absolute atomic E-state index is 13.3. The van der Waals surface area contributed by atoms with Gasteiger partial charge < -0.3 is 9.47 Å². The lowest BCUT2D eigenvalue weighted by molar-refractivity contribution is -0.315. The van der Waals surface area contributed by atoms with E-state index in [1.165, 1.54) is 0 Å². The van der Waals surface area contributed by atoms with Gasteiger partial charge >= 0.3 is 11.9 Å². The molecule has 33 heavy (non-hydrogen) atoms. The van der Waals surface area contributed by atoms with Crippen LogP contribution >= 0.6 is 0 Å². The lowest BCUT2D eigenvalue weighted by Gasteiger charge is -2.74. The van der Waals surface area contributed by atoms with Crippen molar-refractivity contribution >= 4 is 11.9 Å². The zero-order valence-corrected chi connectivity index (χ0v) is 20.8. The Morgan fingerprint density at radius 3 is 1.61 bits per heavy atom. The van der Waals surface area contributed by atoms with Gasteiger partial charge in [-0.05, 0) is 47.4 Å². The van der Waals surface area contributed by atoms with Crippen LogP contribution in [0.1, 0.15) is 75.6 Å². The number of hydrogen-bond donors (Lipinski definition) is 0. The molecule has 4 heteroatoms. The zero-order chi connectivity index (χ0) is 24.2. The average Bonchev–Trinajstić information content (AvgIpc) is 2.78. The van der Waals surface area contributed by atoms with Crippen molar-refractivity contribution in [1.82, 2.24) is 0 Å². The van der Waals surface area contributed by atoms with Crippen LogP contribution in [0.4, 0.5) is 0 Å². The number of carbonyl (C=O) groups excluding carboxylic acids is 2. The van der Waals surface area contributed by atoms with E-state index in [2.05, 4.69) is 48.5 Å². The lowest BCUT2D eigenvalue weighted by Crippen LogP contribution is -2.76. The summed E-state index contributed by atoms with van der Waals surface area (Å²) >= 11 is 0. The van der Waals surface area contributed by atoms with Crippen molar-refractivity contribution in [2.24, 2.45) is 27.6 Å². The lowest BCUT2D eigenvalue weighted by atomic mass is 9.32. The Morgan fingerprint density at radius 1 is 0.727 bits per heavy atom. The van der Waals surface area contributed by atoms with Crippen LogP contribution < -0.4 is 0 Å². The molecule has 0 saturated heterocycles. The molecule has 0 amide bonds. The fourth-order valence-corrected chi connectivity index (χ4v) is 6.81. The summed E-state index contributed by atoms with van der Waals surface area (Å²) in [5, 5.41) is 0. The van der Waals surface area contributed by atoms with Gasteiger partial charge in [0.05, 0.1) is 11.1 Å². The smallest absolute Gasteiger partial charge is 0.338 e. The van der Waals surface area contributed by atoms with Crippen LogP contribution in [0.25, 0.3) is 0 Å². The Labute approximate surface area is 197 Å². The monoisotopic (exact) mass is 448 g/mol. The molecule has 4 nitrogen and oxygen atoms in total. The standard InChI is InChI=1S/C29H36O4/c1-19-27(4,5)28(6)18-26(2,3)29(19,7)23(33-25(31)21-16-12-9-13-17-21)22(28)32-24(30)20-14-10-8-11-15-20/h8-17,19,22-23H,18H2,1-7H3. The van der Waals surface area contributed by atoms with Crippen LogP contribution in [-0.2, 0) is 9.47 Å². The van der Waals surface area contributed by atoms with Gasteiger partial charge in [-0.15, -0.1) is 0 Å². The van der Waals surface area contributed by atoms with E-state index in [-0.39, 0.29) is 39.5 Å². The van der Waals surface area contributed by atoms with Gasteiger partial charge in [0, 0.05) is 10.8 Å². The molecule has 0 heterocycles. The number of hydrogen-bond acceptors (Lipinski definition) is 4. The summed E-state index contributed by atoms with van der Waals surface area (Å²) in [6.07, 6.45) is -0.239. The predicted octanol–water partition coefficient (Wildman–Crippen LogP) is 6.56. The van der Waals surface area contributed by atoms with Crippen molar-refractivity contribution < 1.29 is 19.1 Å². The first-order valence-electron chi connectivity index (χ1n) is 11.9. The molecule has 3 fully saturated rings. The summed E-state index contributed by atoms with van der Waals surface area (Å²) in [5.41, 5.74) is -0.000635. The number of ether oxygens (including phenoxy) is 2. The van der Waals surface area contributed by atoms with Crippen molar-refractivity contribution in [1.29, 1.82) is 0 Å². The molecule has 5 rings (SSSR count). The maximum Gasteiger partial charge on any atom is 0.338 e. The summed E-state index contributed by atoms with van der Waals surface area (Å²) in [6, 6.07) is 18.1. The number of esters is 2. The first kappa shape index (κ1) is 23.5. The molecule has 5 atom stereocenters. The minimum absolute atomic E-state index is 0.117. The molecule has 2 aromatic carbocycles. The highest BCUT2D eigenvalue weighted by molar-refractivity contribution is 5.90. The molecule has 0 N–H and O–H groups in total. The van der Waals surface area contributed by atoms with Crippen molar-refractivity contribution in [3.63, 3.8) is 0 Å². The molecule has 0 aromatic heterocycles. The molecule has 2 bridgehead atoms. The second kappa shape index (κ2) is 7.72. The van der Waals surface area contributed by atoms with Gasteiger partial charge in [-0.25, -0.2) is 9.59 Å². The van der Waals surface area contributed by atoms with Gasteiger partial charge in [0.25, 0.3) is 0 Å². The minimum atomic E-state index is -0.561. The summed E-state index contributed by atoms with van der Waals surface area (Å²) in [6.45, 7) is 15.7. The van der Waals surface area contributed by atoms with Crippen LogP contribution in [0, 0.1) is 27.6 Å². The van der Waals surface area contributed by atoms with E-state index in [1.807, 2.05) is 36.4 Å². The summed E-state index contributed by atoms with van der Waals surface area (Å²) in [7, 11) is 0. The summed E-state index contributed by atoms with van der Waals surface area (Å²) in [4.78, 5) is 26.5. The van der Waals surface area contributed by atoms with Crippen molar-refractivity contribution in [3.8, 4) is 0 Å². The van der Waals surface area contributed by atoms with Crippen LogP contribution in [0.5, 0.6) is 0 Å². The third-order valence-electron chi connectivity index (χ3n) is 9.70. The Hall–Kier alpha value is -2.62. The highest BCUT2D eigenvalue weighted by atomic mass is 16.6. The van der Waals surface area contributed by atoms with Gasteiger partial charge in [0.1, 0.15) is 12.2 Å². The van der Waals surface area contributed by atoms with Crippen molar-refractivity contribution in [2.75, 3.05) is 0 Å². The Morgan fingerprint density at radius 2 is 1.15 bits per heavy atom. The Balaban J connectivity index is 1.80. The second-order valence-electron chi connectivity index (χ2n) is 11.6. The molecule has 0 aliphatic heterocycles. The van der Waals surface area contributed by atoms with Gasteiger partial charge in [0.2, 0.25) is 0 Å². The predicted molar refractivity (Wildman–Crippen MR) is 129 cm³/mol. The highest BCUT2D eigenvalue weighted by Gasteiger charge is 2.75. The van der Waals surface area contributed by atoms with Gasteiger partial charge in [-0.2, -0.15) is 0 Å². The van der Waals surface area contributed by atoms with Gasteiger partial charge in [-0.3, -0.25) is 0 Å². The van der Waals surface area contributed by atoms with Crippen LogP contribution in [0.15, 0.2) is 60.7 Å². The van der Waals surface area contributed by atoms with Gasteiger partial charge in [-0.1, -0.05) is 84.9 Å². The van der Waals surface area contributed by atoms with E-state index < -0.39 is 12.2 Å². The first-order chi connectivity index (χ1) is 15.4. The highest BCUT2D eigenvalue weighted by Crippen LogP contribution is 2.74. The SMILES string of the molecule is CC1C(C)(C)C2(C)CC(C)(C)C1(C)C(OC(=O)c1ccccc1)C2OC(=O)c1ccccc1. The van der Waals surface area contributed by atoms with E-state index in [0.29, 0.717) is 11.1 Å². The molecular weight excluding hydrogens is 412 g/mol. The molecule has 0 radical (unpaired) electrons. The van der Waals surface area contributed by atoms with Crippen LogP contribution in [0.2, 0.25) is 0 Å². The summed E-state index contributed by atoms with van der Waals surface area (Å²) in [5.74, 6) is -0.515. The van der Waals surface area contributed by atoms with Crippen LogP contribution in [-0.4, -0.2) is 24.1 Å². The molecule has 0 spiro atoms. The molecule has 3 aliphatic rings. The average molecular weight is 449 g/mol. The molecule has 2 aromatic rings. The largest absolute Gasteiger partial charge is 0.454 e. The normalized spacial score (nSPS) is 33.8. The Bertz CT molecular complexity index is 1040. The van der Waals surface area contributed by atoms with E-state index in [4.69, 9.17) is 9.47 Å². The molecule has 5 unspecified atom stereocenters. The molecule has 176 valence electrons. The second-order valence-corrected chi connectivity index (χ2v) is 11.6. The van der Waals surface area contributed by atoms with Gasteiger partial charge in [0.15, 0.2) is 0 Å². The Kier molecular flexibility index (Phi) is 5.50. The number of fused-ring (bicyclic) bond motifs is 3. The maximum atomic E-state index is 13.3.